The summed E-state index contributed by atoms with van der Waals surface area (Å²) < 4.78 is 37.0. The van der Waals surface area contributed by atoms with Gasteiger partial charge in [0, 0.05) is 5.02 Å². The molecule has 4 rings (SSSR count). The van der Waals surface area contributed by atoms with E-state index in [0.717, 1.165) is 4.90 Å². The van der Waals surface area contributed by atoms with Crippen LogP contribution in [0.25, 0.3) is 6.08 Å². The number of carbonyl (C=O) groups is 3. The van der Waals surface area contributed by atoms with Crippen molar-refractivity contribution in [1.29, 1.82) is 0 Å². The summed E-state index contributed by atoms with van der Waals surface area (Å²) in [4.78, 5) is 39.0. The third-order valence-electron chi connectivity index (χ3n) is 5.20. The minimum atomic E-state index is -4.24. The fourth-order valence-electron chi connectivity index (χ4n) is 3.46. The molecule has 39 heavy (non-hydrogen) atoms. The van der Waals surface area contributed by atoms with Crippen LogP contribution in [0.15, 0.2) is 65.1 Å². The van der Waals surface area contributed by atoms with Gasteiger partial charge < -0.3 is 8.92 Å². The molecule has 0 aliphatic carbocycles. The SMILES string of the molecule is CCOc1cc(/C=C2\C(=O)NC(=O)N(c3ccc(Cl)c(Cl)c3)C2=O)cc(I)c1OS(=O)(=O)c1ccc(Cl)cc1. The molecule has 0 atom stereocenters. The van der Waals surface area contributed by atoms with Crippen molar-refractivity contribution < 1.29 is 31.7 Å². The van der Waals surface area contributed by atoms with Crippen LogP contribution >= 0.6 is 57.4 Å². The van der Waals surface area contributed by atoms with Crippen LogP contribution in [0.5, 0.6) is 11.5 Å². The Kier molecular flexibility index (Phi) is 8.76. The maximum absolute atomic E-state index is 13.2. The monoisotopic (exact) mass is 720 g/mol. The van der Waals surface area contributed by atoms with Gasteiger partial charge in [-0.3, -0.25) is 14.9 Å². The normalized spacial score (nSPS) is 14.9. The Bertz CT molecular complexity index is 1640. The Morgan fingerprint density at radius 3 is 2.31 bits per heavy atom. The van der Waals surface area contributed by atoms with Gasteiger partial charge in [-0.2, -0.15) is 8.42 Å². The number of hydrogen-bond donors (Lipinski definition) is 1. The average Bonchev–Trinajstić information content (AvgIpc) is 2.86. The largest absolute Gasteiger partial charge is 0.490 e. The summed E-state index contributed by atoms with van der Waals surface area (Å²) in [5, 5.41) is 2.80. The number of rotatable bonds is 7. The van der Waals surface area contributed by atoms with Gasteiger partial charge in [0.1, 0.15) is 10.5 Å². The van der Waals surface area contributed by atoms with E-state index >= 15 is 0 Å². The number of carbonyl (C=O) groups excluding carboxylic acids is 3. The summed E-state index contributed by atoms with van der Waals surface area (Å²) >= 11 is 19.7. The number of amides is 4. The van der Waals surface area contributed by atoms with Gasteiger partial charge in [0.25, 0.3) is 11.8 Å². The van der Waals surface area contributed by atoms with Gasteiger partial charge in [0.15, 0.2) is 11.5 Å². The molecule has 1 aliphatic rings. The van der Waals surface area contributed by atoms with E-state index in [9.17, 15) is 22.8 Å². The van der Waals surface area contributed by atoms with Gasteiger partial charge in [-0.25, -0.2) is 9.69 Å². The van der Waals surface area contributed by atoms with Crippen molar-refractivity contribution in [2.24, 2.45) is 0 Å². The van der Waals surface area contributed by atoms with E-state index in [2.05, 4.69) is 5.32 Å². The van der Waals surface area contributed by atoms with Gasteiger partial charge in [0.2, 0.25) is 0 Å². The third kappa shape index (κ3) is 6.33. The summed E-state index contributed by atoms with van der Waals surface area (Å²) in [7, 11) is -4.24. The summed E-state index contributed by atoms with van der Waals surface area (Å²) in [6.07, 6.45) is 1.25. The lowest BCUT2D eigenvalue weighted by Gasteiger charge is -2.26. The highest BCUT2D eigenvalue weighted by Gasteiger charge is 2.37. The van der Waals surface area contributed by atoms with E-state index in [0.29, 0.717) is 14.2 Å². The molecule has 0 unspecified atom stereocenters. The minimum Gasteiger partial charge on any atom is -0.490 e. The lowest BCUT2D eigenvalue weighted by atomic mass is 10.1. The molecule has 4 amide bonds. The van der Waals surface area contributed by atoms with Crippen LogP contribution in [0.1, 0.15) is 12.5 Å². The molecule has 1 fully saturated rings. The quantitative estimate of drug-likeness (QED) is 0.136. The third-order valence-corrected chi connectivity index (χ3v) is 8.23. The molecule has 0 spiro atoms. The zero-order valence-corrected chi connectivity index (χ0v) is 24.9. The van der Waals surface area contributed by atoms with E-state index in [4.69, 9.17) is 43.7 Å². The van der Waals surface area contributed by atoms with E-state index in [1.54, 1.807) is 6.92 Å². The number of anilines is 1. The maximum Gasteiger partial charge on any atom is 0.339 e. The summed E-state index contributed by atoms with van der Waals surface area (Å²) in [6.45, 7) is 1.85. The second-order valence-corrected chi connectivity index (χ2v) is 11.8. The Hall–Kier alpha value is -2.84. The second kappa shape index (κ2) is 11.7. The predicted molar refractivity (Wildman–Crippen MR) is 155 cm³/mol. The first-order valence-corrected chi connectivity index (χ1v) is 14.6. The first kappa shape index (κ1) is 29.2. The van der Waals surface area contributed by atoms with Crippen molar-refractivity contribution in [3.05, 3.63) is 84.4 Å². The first-order chi connectivity index (χ1) is 18.4. The molecular formula is C25H16Cl3IN2O7S. The molecule has 9 nitrogen and oxygen atoms in total. The fourth-order valence-corrected chi connectivity index (χ4v) is 5.72. The molecule has 1 aliphatic heterocycles. The van der Waals surface area contributed by atoms with Gasteiger partial charge in [-0.1, -0.05) is 34.8 Å². The Labute approximate surface area is 251 Å². The molecule has 1 saturated heterocycles. The lowest BCUT2D eigenvalue weighted by molar-refractivity contribution is -0.122. The highest BCUT2D eigenvalue weighted by molar-refractivity contribution is 14.1. The number of nitrogens with zero attached hydrogens (tertiary/aromatic N) is 1. The number of urea groups is 1. The van der Waals surface area contributed by atoms with Gasteiger partial charge in [0.05, 0.1) is 25.9 Å². The van der Waals surface area contributed by atoms with Crippen LogP contribution in [0.3, 0.4) is 0 Å². The highest BCUT2D eigenvalue weighted by Crippen LogP contribution is 2.37. The standard InChI is InChI=1S/C25H16Cl3IN2O7S/c1-2-37-21-11-13(10-20(29)22(21)38-39(35,36)16-6-3-14(26)4-7-16)9-17-23(32)30-25(34)31(24(17)33)15-5-8-18(27)19(28)12-15/h3-12H,2H2,1H3,(H,30,32,34)/b17-9+. The van der Waals surface area contributed by atoms with Crippen molar-refractivity contribution in [2.75, 3.05) is 11.5 Å². The Morgan fingerprint density at radius 2 is 1.67 bits per heavy atom. The summed E-state index contributed by atoms with van der Waals surface area (Å²) in [6, 6.07) is 11.5. The number of ether oxygens (including phenoxy) is 1. The first-order valence-electron chi connectivity index (χ1n) is 10.9. The van der Waals surface area contributed by atoms with Crippen molar-refractivity contribution in [2.45, 2.75) is 11.8 Å². The molecule has 1 N–H and O–H groups in total. The van der Waals surface area contributed by atoms with E-state index in [-0.39, 0.29) is 44.3 Å². The fraction of sp³-hybridized carbons (Fsp3) is 0.0800. The summed E-state index contributed by atoms with van der Waals surface area (Å²) in [5.74, 6) is -1.85. The lowest BCUT2D eigenvalue weighted by Crippen LogP contribution is -2.54. The van der Waals surface area contributed by atoms with E-state index < -0.39 is 28.0 Å². The van der Waals surface area contributed by atoms with Crippen molar-refractivity contribution in [3.8, 4) is 11.5 Å². The number of hydrogen-bond acceptors (Lipinski definition) is 7. The Balaban J connectivity index is 1.72. The second-order valence-electron chi connectivity index (χ2n) is 7.81. The number of nitrogens with one attached hydrogen (secondary N) is 1. The molecule has 0 radical (unpaired) electrons. The average molecular weight is 722 g/mol. The van der Waals surface area contributed by atoms with Crippen molar-refractivity contribution >= 4 is 97.1 Å². The molecule has 1 heterocycles. The highest BCUT2D eigenvalue weighted by atomic mass is 127. The van der Waals surface area contributed by atoms with Crippen LogP contribution in [0.4, 0.5) is 10.5 Å². The predicted octanol–water partition coefficient (Wildman–Crippen LogP) is 6.08. The van der Waals surface area contributed by atoms with Crippen LogP contribution in [-0.2, 0) is 19.7 Å². The zero-order valence-electron chi connectivity index (χ0n) is 19.7. The molecule has 0 aromatic heterocycles. The molecule has 202 valence electrons. The van der Waals surface area contributed by atoms with E-state index in [1.807, 2.05) is 22.6 Å². The van der Waals surface area contributed by atoms with Crippen molar-refractivity contribution in [1.82, 2.24) is 5.32 Å². The molecular weight excluding hydrogens is 706 g/mol. The van der Waals surface area contributed by atoms with E-state index in [1.165, 1.54) is 60.7 Å². The topological polar surface area (TPSA) is 119 Å². The summed E-state index contributed by atoms with van der Waals surface area (Å²) in [5.41, 5.74) is 0.0495. The maximum atomic E-state index is 13.2. The van der Waals surface area contributed by atoms with Gasteiger partial charge >= 0.3 is 16.1 Å². The zero-order chi connectivity index (χ0) is 28.5. The van der Waals surface area contributed by atoms with Crippen LogP contribution in [-0.4, -0.2) is 32.9 Å². The van der Waals surface area contributed by atoms with Gasteiger partial charge in [-0.05, 0) is 95.8 Å². The van der Waals surface area contributed by atoms with Crippen LogP contribution in [0.2, 0.25) is 15.1 Å². The molecule has 14 heteroatoms. The molecule has 3 aromatic carbocycles. The molecule has 0 bridgehead atoms. The number of imide groups is 2. The smallest absolute Gasteiger partial charge is 0.339 e. The Morgan fingerprint density at radius 1 is 0.974 bits per heavy atom. The molecule has 3 aromatic rings. The number of benzene rings is 3. The van der Waals surface area contributed by atoms with Crippen LogP contribution < -0.4 is 19.1 Å². The van der Waals surface area contributed by atoms with Gasteiger partial charge in [-0.15, -0.1) is 0 Å². The number of barbiturate groups is 1. The minimum absolute atomic E-state index is 0.0508. The van der Waals surface area contributed by atoms with Crippen LogP contribution in [0, 0.1) is 3.57 Å². The molecule has 0 saturated carbocycles. The van der Waals surface area contributed by atoms with Crippen molar-refractivity contribution in [3.63, 3.8) is 0 Å². The number of halogens is 4.